The van der Waals surface area contributed by atoms with E-state index < -0.39 is 16.0 Å². The number of carboxylic acid groups (broad SMARTS) is 1. The standard InChI is InChI=1S/C12H7ClN2O4S2/c13-10-2-1-8(3-7(10)5-14)15-21(18,19)9-4-11(12(16)17)20-6-9/h1-4,6,15H,(H,16,17). The number of nitrogens with zero attached hydrogens (tertiary/aromatic N) is 1. The maximum atomic E-state index is 12.1. The zero-order chi connectivity index (χ0) is 15.6. The zero-order valence-electron chi connectivity index (χ0n) is 10.2. The second kappa shape index (κ2) is 5.73. The Morgan fingerprint density at radius 1 is 1.38 bits per heavy atom. The molecule has 0 aliphatic heterocycles. The average molecular weight is 343 g/mol. The Morgan fingerprint density at radius 3 is 2.67 bits per heavy atom. The van der Waals surface area contributed by atoms with Crippen molar-refractivity contribution < 1.29 is 18.3 Å². The van der Waals surface area contributed by atoms with Crippen molar-refractivity contribution in [3.63, 3.8) is 0 Å². The number of sulfonamides is 1. The fourth-order valence-corrected chi connectivity index (χ4v) is 3.78. The first kappa shape index (κ1) is 15.3. The number of hydrogen-bond donors (Lipinski definition) is 2. The number of anilines is 1. The van der Waals surface area contributed by atoms with Gasteiger partial charge in [-0.25, -0.2) is 13.2 Å². The van der Waals surface area contributed by atoms with Crippen LogP contribution in [0, 0.1) is 11.3 Å². The monoisotopic (exact) mass is 342 g/mol. The van der Waals surface area contributed by atoms with E-state index in [4.69, 9.17) is 22.0 Å². The summed E-state index contributed by atoms with van der Waals surface area (Å²) in [5.41, 5.74) is 0.299. The average Bonchev–Trinajstić information content (AvgIpc) is 2.91. The van der Waals surface area contributed by atoms with Crippen molar-refractivity contribution in [2.75, 3.05) is 4.72 Å². The van der Waals surface area contributed by atoms with Crippen LogP contribution in [-0.2, 0) is 10.0 Å². The van der Waals surface area contributed by atoms with E-state index in [2.05, 4.69) is 4.72 Å². The van der Waals surface area contributed by atoms with Gasteiger partial charge in [-0.3, -0.25) is 4.72 Å². The van der Waals surface area contributed by atoms with Crippen LogP contribution in [0.3, 0.4) is 0 Å². The van der Waals surface area contributed by atoms with E-state index in [1.165, 1.54) is 23.6 Å². The molecule has 2 rings (SSSR count). The van der Waals surface area contributed by atoms with Crippen LogP contribution in [0.15, 0.2) is 34.5 Å². The Balaban J connectivity index is 2.33. The molecule has 108 valence electrons. The van der Waals surface area contributed by atoms with Gasteiger partial charge >= 0.3 is 5.97 Å². The van der Waals surface area contributed by atoms with Gasteiger partial charge in [0, 0.05) is 5.38 Å². The molecular weight excluding hydrogens is 336 g/mol. The predicted molar refractivity (Wildman–Crippen MR) is 78.3 cm³/mol. The third kappa shape index (κ3) is 3.33. The van der Waals surface area contributed by atoms with Crippen LogP contribution in [0.2, 0.25) is 5.02 Å². The first-order valence-electron chi connectivity index (χ1n) is 5.38. The van der Waals surface area contributed by atoms with Crippen LogP contribution in [0.4, 0.5) is 5.69 Å². The Morgan fingerprint density at radius 2 is 2.10 bits per heavy atom. The van der Waals surface area contributed by atoms with E-state index in [0.29, 0.717) is 0 Å². The summed E-state index contributed by atoms with van der Waals surface area (Å²) in [4.78, 5) is 10.5. The highest BCUT2D eigenvalue weighted by molar-refractivity contribution is 7.92. The van der Waals surface area contributed by atoms with Crippen molar-refractivity contribution in [3.8, 4) is 6.07 Å². The molecule has 0 saturated heterocycles. The van der Waals surface area contributed by atoms with Crippen molar-refractivity contribution in [2.24, 2.45) is 0 Å². The summed E-state index contributed by atoms with van der Waals surface area (Å²) in [6, 6.07) is 7.00. The van der Waals surface area contributed by atoms with Crippen molar-refractivity contribution in [2.45, 2.75) is 4.90 Å². The summed E-state index contributed by atoms with van der Waals surface area (Å²) in [6.07, 6.45) is 0. The Hall–Kier alpha value is -2.08. The molecule has 0 bridgehead atoms. The van der Waals surface area contributed by atoms with E-state index in [-0.39, 0.29) is 26.0 Å². The highest BCUT2D eigenvalue weighted by atomic mass is 35.5. The molecule has 1 aromatic heterocycles. The lowest BCUT2D eigenvalue weighted by molar-refractivity contribution is 0.0702. The first-order chi connectivity index (χ1) is 9.83. The quantitative estimate of drug-likeness (QED) is 0.888. The Labute approximate surface area is 129 Å². The molecule has 0 spiro atoms. The molecule has 0 aliphatic rings. The van der Waals surface area contributed by atoms with E-state index >= 15 is 0 Å². The summed E-state index contributed by atoms with van der Waals surface area (Å²) in [6.45, 7) is 0. The molecule has 0 saturated carbocycles. The number of nitrogens with one attached hydrogen (secondary N) is 1. The van der Waals surface area contributed by atoms with Gasteiger partial charge in [-0.1, -0.05) is 11.6 Å². The maximum Gasteiger partial charge on any atom is 0.345 e. The third-order valence-corrected chi connectivity index (χ3v) is 5.19. The fourth-order valence-electron chi connectivity index (χ4n) is 1.46. The second-order valence-corrected chi connectivity index (χ2v) is 6.86. The topological polar surface area (TPSA) is 107 Å². The van der Waals surface area contributed by atoms with Gasteiger partial charge in [-0.05, 0) is 24.3 Å². The largest absolute Gasteiger partial charge is 0.477 e. The number of nitriles is 1. The van der Waals surface area contributed by atoms with Crippen LogP contribution in [-0.4, -0.2) is 19.5 Å². The van der Waals surface area contributed by atoms with Crippen molar-refractivity contribution in [1.29, 1.82) is 5.26 Å². The lowest BCUT2D eigenvalue weighted by atomic mass is 10.2. The van der Waals surface area contributed by atoms with Gasteiger partial charge in [0.25, 0.3) is 10.0 Å². The van der Waals surface area contributed by atoms with Crippen molar-refractivity contribution >= 4 is 44.6 Å². The van der Waals surface area contributed by atoms with Gasteiger partial charge in [0.05, 0.1) is 21.2 Å². The van der Waals surface area contributed by atoms with Gasteiger partial charge in [-0.2, -0.15) is 5.26 Å². The van der Waals surface area contributed by atoms with Crippen LogP contribution in [0.5, 0.6) is 0 Å². The van der Waals surface area contributed by atoms with Gasteiger partial charge in [0.15, 0.2) is 0 Å². The minimum Gasteiger partial charge on any atom is -0.477 e. The van der Waals surface area contributed by atoms with Gasteiger partial charge in [0.2, 0.25) is 0 Å². The minimum absolute atomic E-state index is 0.0794. The third-order valence-electron chi connectivity index (χ3n) is 2.44. The molecule has 0 fully saturated rings. The number of aromatic carboxylic acids is 1. The molecule has 0 aliphatic carbocycles. The number of carboxylic acids is 1. The Kier molecular flexibility index (Phi) is 4.18. The van der Waals surface area contributed by atoms with E-state index in [0.717, 1.165) is 17.4 Å². The minimum atomic E-state index is -3.92. The molecular formula is C12H7ClN2O4S2. The lowest BCUT2D eigenvalue weighted by Gasteiger charge is -2.07. The predicted octanol–water partition coefficient (Wildman–Crippen LogP) is 2.77. The molecule has 0 atom stereocenters. The number of benzene rings is 1. The summed E-state index contributed by atoms with van der Waals surface area (Å²) in [5.74, 6) is -1.19. The summed E-state index contributed by atoms with van der Waals surface area (Å²) >= 11 is 6.57. The maximum absolute atomic E-state index is 12.1. The smallest absolute Gasteiger partial charge is 0.345 e. The molecule has 0 radical (unpaired) electrons. The summed E-state index contributed by atoms with van der Waals surface area (Å²) in [7, 11) is -3.92. The normalized spacial score (nSPS) is 10.9. The first-order valence-corrected chi connectivity index (χ1v) is 8.12. The van der Waals surface area contributed by atoms with E-state index in [1.54, 1.807) is 0 Å². The van der Waals surface area contributed by atoms with Gasteiger partial charge in [0.1, 0.15) is 10.9 Å². The number of thiophene rings is 1. The lowest BCUT2D eigenvalue weighted by Crippen LogP contribution is -2.12. The van der Waals surface area contributed by atoms with Gasteiger partial charge in [-0.15, -0.1) is 11.3 Å². The molecule has 2 N–H and O–H groups in total. The highest BCUT2D eigenvalue weighted by Crippen LogP contribution is 2.24. The summed E-state index contributed by atoms with van der Waals surface area (Å²) < 4.78 is 26.5. The van der Waals surface area contributed by atoms with E-state index in [9.17, 15) is 13.2 Å². The molecule has 9 heteroatoms. The van der Waals surface area contributed by atoms with Crippen LogP contribution in [0.1, 0.15) is 15.2 Å². The van der Waals surface area contributed by atoms with Crippen LogP contribution in [0.25, 0.3) is 0 Å². The Bertz CT molecular complexity index is 852. The SMILES string of the molecule is N#Cc1cc(NS(=O)(=O)c2csc(C(=O)O)c2)ccc1Cl. The van der Waals surface area contributed by atoms with Gasteiger partial charge < -0.3 is 5.11 Å². The summed E-state index contributed by atoms with van der Waals surface area (Å²) in [5, 5.41) is 19.1. The molecule has 1 heterocycles. The molecule has 0 amide bonds. The zero-order valence-corrected chi connectivity index (χ0v) is 12.6. The van der Waals surface area contributed by atoms with E-state index in [1.807, 2.05) is 6.07 Å². The molecule has 2 aromatic rings. The molecule has 1 aromatic carbocycles. The van der Waals surface area contributed by atoms with Crippen LogP contribution < -0.4 is 4.72 Å². The molecule has 6 nitrogen and oxygen atoms in total. The fraction of sp³-hybridized carbons (Fsp3) is 0. The number of rotatable bonds is 4. The second-order valence-electron chi connectivity index (χ2n) is 3.86. The van der Waals surface area contributed by atoms with Crippen molar-refractivity contribution in [1.82, 2.24) is 0 Å². The number of carbonyl (C=O) groups is 1. The highest BCUT2D eigenvalue weighted by Gasteiger charge is 2.19. The molecule has 0 unspecified atom stereocenters. The van der Waals surface area contributed by atoms with Crippen LogP contribution >= 0.6 is 22.9 Å². The molecule has 21 heavy (non-hydrogen) atoms. The van der Waals surface area contributed by atoms with Crippen molar-refractivity contribution in [3.05, 3.63) is 45.1 Å². The number of halogens is 1. The number of hydrogen-bond acceptors (Lipinski definition) is 5.